The van der Waals surface area contributed by atoms with Crippen molar-refractivity contribution in [2.75, 3.05) is 31.1 Å². The van der Waals surface area contributed by atoms with Gasteiger partial charge >= 0.3 is 6.18 Å². The molecule has 2 unspecified atom stereocenters. The van der Waals surface area contributed by atoms with Crippen molar-refractivity contribution in [3.05, 3.63) is 82.9 Å². The van der Waals surface area contributed by atoms with E-state index >= 15 is 0 Å². The summed E-state index contributed by atoms with van der Waals surface area (Å²) in [4.78, 5) is 8.99. The van der Waals surface area contributed by atoms with Gasteiger partial charge in [-0.25, -0.2) is 4.39 Å². The van der Waals surface area contributed by atoms with Crippen LogP contribution in [-0.4, -0.2) is 49.0 Å². The third-order valence-electron chi connectivity index (χ3n) is 8.32. The van der Waals surface area contributed by atoms with E-state index in [0.717, 1.165) is 37.2 Å². The summed E-state index contributed by atoms with van der Waals surface area (Å²) in [5, 5.41) is 0. The van der Waals surface area contributed by atoms with Crippen LogP contribution >= 0.6 is 0 Å². The maximum absolute atomic E-state index is 14.2. The van der Waals surface area contributed by atoms with Crippen LogP contribution < -0.4 is 4.90 Å². The molecule has 0 aromatic heterocycles. The Bertz CT molecular complexity index is 1260. The van der Waals surface area contributed by atoms with E-state index in [4.69, 9.17) is 4.99 Å². The highest BCUT2D eigenvalue weighted by atomic mass is 19.4. The van der Waals surface area contributed by atoms with E-state index in [9.17, 15) is 17.6 Å². The molecule has 2 atom stereocenters. The number of hydrogen-bond donors (Lipinski definition) is 0. The van der Waals surface area contributed by atoms with Gasteiger partial charge in [0.2, 0.25) is 0 Å². The number of piperidine rings is 1. The summed E-state index contributed by atoms with van der Waals surface area (Å²) in [6.07, 6.45) is 0.464. The van der Waals surface area contributed by atoms with Gasteiger partial charge in [-0.3, -0.25) is 9.89 Å². The van der Waals surface area contributed by atoms with Crippen LogP contribution in [0.15, 0.2) is 65.7 Å². The highest BCUT2D eigenvalue weighted by Gasteiger charge is 2.43. The number of allylic oxidation sites excluding steroid dienone is 2. The summed E-state index contributed by atoms with van der Waals surface area (Å²) in [6, 6.07) is 13.2. The van der Waals surface area contributed by atoms with Crippen LogP contribution in [0.3, 0.4) is 0 Å². The van der Waals surface area contributed by atoms with Crippen LogP contribution in [-0.2, 0) is 12.7 Å². The van der Waals surface area contributed by atoms with E-state index in [1.54, 1.807) is 11.0 Å². The molecule has 2 aromatic rings. The zero-order chi connectivity index (χ0) is 26.4. The number of aliphatic imine (C=N–C) groups is 1. The Labute approximate surface area is 221 Å². The van der Waals surface area contributed by atoms with Crippen LogP contribution in [0.4, 0.5) is 23.2 Å². The molecule has 0 amide bonds. The summed E-state index contributed by atoms with van der Waals surface area (Å²) < 4.78 is 56.1. The largest absolute Gasteiger partial charge is 0.418 e. The quantitative estimate of drug-likeness (QED) is 0.391. The fourth-order valence-corrected chi connectivity index (χ4v) is 6.10. The van der Waals surface area contributed by atoms with E-state index in [-0.39, 0.29) is 43.6 Å². The van der Waals surface area contributed by atoms with Gasteiger partial charge in [0.1, 0.15) is 6.17 Å². The minimum absolute atomic E-state index is 0.0531. The predicted octanol–water partition coefficient (Wildman–Crippen LogP) is 7.07. The van der Waals surface area contributed by atoms with Crippen molar-refractivity contribution >= 4 is 17.0 Å². The van der Waals surface area contributed by atoms with Gasteiger partial charge < -0.3 is 4.90 Å². The molecular formula is C31H33F4N3. The Hall–Kier alpha value is -2.93. The van der Waals surface area contributed by atoms with Crippen LogP contribution in [0.5, 0.6) is 0 Å². The number of rotatable bonds is 5. The van der Waals surface area contributed by atoms with Gasteiger partial charge in [-0.05, 0) is 85.7 Å². The van der Waals surface area contributed by atoms with Gasteiger partial charge in [0, 0.05) is 36.8 Å². The highest BCUT2D eigenvalue weighted by molar-refractivity contribution is 6.16. The van der Waals surface area contributed by atoms with Crippen molar-refractivity contribution in [2.45, 2.75) is 57.0 Å². The van der Waals surface area contributed by atoms with Crippen molar-refractivity contribution in [3.8, 4) is 0 Å². The van der Waals surface area contributed by atoms with Crippen LogP contribution in [0.25, 0.3) is 5.57 Å². The first kappa shape index (κ1) is 25.4. The predicted molar refractivity (Wildman–Crippen MR) is 144 cm³/mol. The fraction of sp³-hybridized carbons (Fsp3) is 0.452. The SMILES string of the molecule is C=C1C=C(c2ccc(CN3CCCC3)cc2)C2CC2N=C1c1ccc(N2CCC(F)CC2)c(C(F)(F)F)c1. The maximum atomic E-state index is 14.2. The molecule has 200 valence electrons. The molecule has 1 aliphatic carbocycles. The Kier molecular flexibility index (Phi) is 6.67. The first-order chi connectivity index (χ1) is 18.3. The summed E-state index contributed by atoms with van der Waals surface area (Å²) in [7, 11) is 0. The lowest BCUT2D eigenvalue weighted by Crippen LogP contribution is -2.35. The average molecular weight is 524 g/mol. The molecule has 7 heteroatoms. The van der Waals surface area contributed by atoms with E-state index in [2.05, 4.69) is 35.7 Å². The lowest BCUT2D eigenvalue weighted by Gasteiger charge is -2.32. The van der Waals surface area contributed by atoms with E-state index in [1.165, 1.54) is 30.5 Å². The minimum Gasteiger partial charge on any atom is -0.371 e. The van der Waals surface area contributed by atoms with Gasteiger partial charge in [0.05, 0.1) is 17.3 Å². The maximum Gasteiger partial charge on any atom is 0.418 e. The molecule has 6 rings (SSSR count). The van der Waals surface area contributed by atoms with Gasteiger partial charge in [0.15, 0.2) is 0 Å². The van der Waals surface area contributed by atoms with Gasteiger partial charge in [-0.1, -0.05) is 36.9 Å². The second-order valence-corrected chi connectivity index (χ2v) is 11.1. The molecule has 38 heavy (non-hydrogen) atoms. The van der Waals surface area contributed by atoms with Gasteiger partial charge in [0.25, 0.3) is 0 Å². The summed E-state index contributed by atoms with van der Waals surface area (Å²) >= 11 is 0. The lowest BCUT2D eigenvalue weighted by molar-refractivity contribution is -0.137. The van der Waals surface area contributed by atoms with Gasteiger partial charge in [-0.2, -0.15) is 13.2 Å². The highest BCUT2D eigenvalue weighted by Crippen LogP contribution is 2.48. The van der Waals surface area contributed by atoms with Crippen molar-refractivity contribution in [1.82, 2.24) is 4.90 Å². The first-order valence-electron chi connectivity index (χ1n) is 13.7. The van der Waals surface area contributed by atoms with Crippen molar-refractivity contribution < 1.29 is 17.6 Å². The van der Waals surface area contributed by atoms with E-state index in [1.807, 2.05) is 6.08 Å². The molecule has 0 radical (unpaired) electrons. The number of fused-ring (bicyclic) bond motifs is 1. The number of likely N-dealkylation sites (tertiary alicyclic amines) is 1. The van der Waals surface area contributed by atoms with Gasteiger partial charge in [-0.15, -0.1) is 0 Å². The number of hydrogen-bond acceptors (Lipinski definition) is 3. The molecule has 2 aromatic carbocycles. The molecule has 4 aliphatic rings. The van der Waals surface area contributed by atoms with Crippen LogP contribution in [0.2, 0.25) is 0 Å². The second kappa shape index (κ2) is 9.99. The average Bonchev–Trinajstić information content (AvgIpc) is 3.51. The van der Waals surface area contributed by atoms with Crippen LogP contribution in [0.1, 0.15) is 54.4 Å². The minimum atomic E-state index is -4.52. The Balaban J connectivity index is 1.26. The van der Waals surface area contributed by atoms with Crippen molar-refractivity contribution in [1.29, 1.82) is 0 Å². The molecular weight excluding hydrogens is 490 g/mol. The van der Waals surface area contributed by atoms with E-state index in [0.29, 0.717) is 16.8 Å². The molecule has 3 aliphatic heterocycles. The normalized spacial score (nSPS) is 24.6. The number of anilines is 1. The lowest BCUT2D eigenvalue weighted by atomic mass is 9.94. The van der Waals surface area contributed by atoms with Crippen molar-refractivity contribution in [2.24, 2.45) is 10.9 Å². The van der Waals surface area contributed by atoms with Crippen LogP contribution in [0, 0.1) is 5.92 Å². The number of halogens is 4. The Morgan fingerprint density at radius 1 is 0.921 bits per heavy atom. The molecule has 0 bridgehead atoms. The Morgan fingerprint density at radius 2 is 1.61 bits per heavy atom. The topological polar surface area (TPSA) is 18.8 Å². The summed E-state index contributed by atoms with van der Waals surface area (Å²) in [5.74, 6) is 0.261. The molecule has 2 saturated heterocycles. The zero-order valence-corrected chi connectivity index (χ0v) is 21.5. The number of nitrogens with zero attached hydrogens (tertiary/aromatic N) is 3. The molecule has 3 heterocycles. The molecule has 1 saturated carbocycles. The zero-order valence-electron chi connectivity index (χ0n) is 21.5. The van der Waals surface area contributed by atoms with Crippen molar-refractivity contribution in [3.63, 3.8) is 0 Å². The standard InChI is InChI=1S/C31H33F4N3/c1-20-16-25(22-6-4-21(5-7-22)19-37-12-2-3-13-37)26-18-28(26)36-30(20)23-8-9-29(27(17-23)31(33,34)35)38-14-10-24(32)11-15-38/h4-9,16-17,24,26,28H,1-3,10-15,18-19H2. The first-order valence-corrected chi connectivity index (χ1v) is 13.7. The molecule has 0 spiro atoms. The third kappa shape index (κ3) is 5.18. The molecule has 3 nitrogen and oxygen atoms in total. The number of benzene rings is 2. The molecule has 0 N–H and O–H groups in total. The third-order valence-corrected chi connectivity index (χ3v) is 8.32. The summed E-state index contributed by atoms with van der Waals surface area (Å²) in [5.41, 5.74) is 4.58. The molecule has 3 fully saturated rings. The van der Waals surface area contributed by atoms with E-state index < -0.39 is 17.9 Å². The number of alkyl halides is 4. The Morgan fingerprint density at radius 3 is 2.29 bits per heavy atom. The summed E-state index contributed by atoms with van der Waals surface area (Å²) in [6.45, 7) is 8.06. The second-order valence-electron chi connectivity index (χ2n) is 11.1. The smallest absolute Gasteiger partial charge is 0.371 e. The fourth-order valence-electron chi connectivity index (χ4n) is 6.10. The monoisotopic (exact) mass is 523 g/mol.